The summed E-state index contributed by atoms with van der Waals surface area (Å²) in [4.78, 5) is 16.7. The van der Waals surface area contributed by atoms with Crippen LogP contribution in [0.15, 0.2) is 67.4 Å². The number of nitrogens with one attached hydrogen (secondary N) is 1. The number of hydrogen-bond donors (Lipinski definition) is 2. The Labute approximate surface area is 156 Å². The fraction of sp³-hybridized carbons (Fsp3) is 0.100. The fourth-order valence-corrected chi connectivity index (χ4v) is 2.72. The summed E-state index contributed by atoms with van der Waals surface area (Å²) in [5.41, 5.74) is 8.63. The van der Waals surface area contributed by atoms with Crippen molar-refractivity contribution >= 4 is 22.4 Å². The van der Waals surface area contributed by atoms with E-state index in [2.05, 4.69) is 25.3 Å². The number of nitrogens with zero attached hydrogens (tertiary/aromatic N) is 4. The topological polar surface area (TPSA) is 98.8 Å². The third-order valence-electron chi connectivity index (χ3n) is 4.05. The van der Waals surface area contributed by atoms with Gasteiger partial charge in [-0.3, -0.25) is 4.98 Å². The van der Waals surface area contributed by atoms with Crippen LogP contribution < -0.4 is 15.8 Å². The second-order valence-electron chi connectivity index (χ2n) is 5.97. The molecule has 7 heteroatoms. The lowest BCUT2D eigenvalue weighted by Gasteiger charge is -2.09. The molecule has 27 heavy (non-hydrogen) atoms. The van der Waals surface area contributed by atoms with E-state index in [0.29, 0.717) is 11.6 Å². The van der Waals surface area contributed by atoms with Crippen molar-refractivity contribution in [1.82, 2.24) is 19.9 Å². The molecule has 0 amide bonds. The number of nitrogen functional groups attached to an aromatic ring is 1. The van der Waals surface area contributed by atoms with E-state index in [9.17, 15) is 0 Å². The first-order valence-electron chi connectivity index (χ1n) is 8.55. The normalized spacial score (nSPS) is 10.7. The van der Waals surface area contributed by atoms with E-state index < -0.39 is 0 Å². The second-order valence-corrected chi connectivity index (χ2v) is 5.97. The first-order valence-corrected chi connectivity index (χ1v) is 8.55. The highest BCUT2D eigenvalue weighted by atomic mass is 16.5. The maximum Gasteiger partial charge on any atom is 0.237 e. The molecule has 2 heterocycles. The molecule has 0 aliphatic rings. The van der Waals surface area contributed by atoms with Crippen molar-refractivity contribution < 1.29 is 4.74 Å². The molecule has 2 aromatic carbocycles. The van der Waals surface area contributed by atoms with Gasteiger partial charge in [0.05, 0.1) is 11.7 Å². The average molecular weight is 358 g/mol. The minimum absolute atomic E-state index is 0.474. The van der Waals surface area contributed by atoms with Crippen LogP contribution in [0.1, 0.15) is 5.56 Å². The minimum Gasteiger partial charge on any atom is -0.438 e. The zero-order valence-corrected chi connectivity index (χ0v) is 14.5. The van der Waals surface area contributed by atoms with E-state index >= 15 is 0 Å². The van der Waals surface area contributed by atoms with Gasteiger partial charge in [0.2, 0.25) is 5.88 Å². The van der Waals surface area contributed by atoms with Crippen molar-refractivity contribution in [1.29, 1.82) is 0 Å². The highest BCUT2D eigenvalue weighted by Crippen LogP contribution is 2.22. The lowest BCUT2D eigenvalue weighted by Crippen LogP contribution is -2.07. The van der Waals surface area contributed by atoms with E-state index in [0.717, 1.165) is 35.4 Å². The number of nitrogens with two attached hydrogens (primary N) is 1. The van der Waals surface area contributed by atoms with Crippen LogP contribution in [0.4, 0.5) is 11.5 Å². The van der Waals surface area contributed by atoms with Crippen LogP contribution in [0.5, 0.6) is 11.6 Å². The lowest BCUT2D eigenvalue weighted by atomic mass is 10.1. The van der Waals surface area contributed by atoms with Gasteiger partial charge in [-0.25, -0.2) is 15.0 Å². The molecule has 0 aliphatic carbocycles. The molecule has 0 unspecified atom stereocenters. The SMILES string of the molecule is Nc1ccc2ncnc(NCCc3ccc(Oc4cnccn4)cc3)c2c1. The number of rotatable bonds is 6. The maximum absolute atomic E-state index is 5.88. The monoisotopic (exact) mass is 358 g/mol. The van der Waals surface area contributed by atoms with Crippen molar-refractivity contribution in [3.63, 3.8) is 0 Å². The van der Waals surface area contributed by atoms with Gasteiger partial charge in [0.25, 0.3) is 0 Å². The smallest absolute Gasteiger partial charge is 0.237 e. The second kappa shape index (κ2) is 7.65. The number of anilines is 2. The molecule has 0 radical (unpaired) electrons. The summed E-state index contributed by atoms with van der Waals surface area (Å²) >= 11 is 0. The molecule has 4 rings (SSSR count). The molecule has 3 N–H and O–H groups in total. The Hall–Kier alpha value is -3.74. The van der Waals surface area contributed by atoms with Gasteiger partial charge in [0.15, 0.2) is 0 Å². The molecule has 0 saturated carbocycles. The molecular formula is C20H18N6O. The zero-order chi connectivity index (χ0) is 18.5. The maximum atomic E-state index is 5.88. The number of benzene rings is 2. The van der Waals surface area contributed by atoms with Crippen molar-refractivity contribution in [2.75, 3.05) is 17.6 Å². The quantitative estimate of drug-likeness (QED) is 0.509. The largest absolute Gasteiger partial charge is 0.438 e. The van der Waals surface area contributed by atoms with Gasteiger partial charge in [-0.05, 0) is 42.3 Å². The number of hydrogen-bond acceptors (Lipinski definition) is 7. The Morgan fingerprint density at radius 2 is 1.85 bits per heavy atom. The Morgan fingerprint density at radius 1 is 0.963 bits per heavy atom. The van der Waals surface area contributed by atoms with Crippen molar-refractivity contribution in [3.8, 4) is 11.6 Å². The molecule has 0 atom stereocenters. The molecule has 0 bridgehead atoms. The Bertz CT molecular complexity index is 1040. The molecule has 0 aliphatic heterocycles. The molecule has 0 fully saturated rings. The summed E-state index contributed by atoms with van der Waals surface area (Å²) in [6.45, 7) is 0.741. The average Bonchev–Trinajstić information content (AvgIpc) is 2.70. The van der Waals surface area contributed by atoms with Crippen LogP contribution in [0, 0.1) is 0 Å². The number of aromatic nitrogens is 4. The standard InChI is InChI=1S/C20H18N6O/c21-15-3-6-18-17(11-15)20(26-13-25-18)24-8-7-14-1-4-16(5-2-14)27-19-12-22-9-10-23-19/h1-6,9-13H,7-8,21H2,(H,24,25,26). The van der Waals surface area contributed by atoms with Gasteiger partial charge < -0.3 is 15.8 Å². The molecule has 134 valence electrons. The summed E-state index contributed by atoms with van der Waals surface area (Å²) in [6.07, 6.45) is 7.19. The van der Waals surface area contributed by atoms with Crippen LogP contribution >= 0.6 is 0 Å². The van der Waals surface area contributed by atoms with Crippen LogP contribution in [0.3, 0.4) is 0 Å². The predicted octanol–water partition coefficient (Wildman–Crippen LogP) is 3.45. The Kier molecular flexibility index (Phi) is 4.74. The lowest BCUT2D eigenvalue weighted by molar-refractivity contribution is 0.460. The van der Waals surface area contributed by atoms with Crippen LogP contribution in [-0.4, -0.2) is 26.5 Å². The Morgan fingerprint density at radius 3 is 2.67 bits per heavy atom. The van der Waals surface area contributed by atoms with Crippen molar-refractivity contribution in [3.05, 3.63) is 72.9 Å². The van der Waals surface area contributed by atoms with Gasteiger partial charge in [0.1, 0.15) is 17.9 Å². The number of ether oxygens (including phenoxy) is 1. The summed E-state index contributed by atoms with van der Waals surface area (Å²) in [6, 6.07) is 13.5. The van der Waals surface area contributed by atoms with E-state index in [1.54, 1.807) is 24.9 Å². The highest BCUT2D eigenvalue weighted by molar-refractivity contribution is 5.91. The number of fused-ring (bicyclic) bond motifs is 1. The zero-order valence-electron chi connectivity index (χ0n) is 14.5. The molecule has 0 spiro atoms. The van der Waals surface area contributed by atoms with Crippen LogP contribution in [-0.2, 0) is 6.42 Å². The predicted molar refractivity (Wildman–Crippen MR) is 105 cm³/mol. The summed E-state index contributed by atoms with van der Waals surface area (Å²) in [5, 5.41) is 4.28. The minimum atomic E-state index is 0.474. The summed E-state index contributed by atoms with van der Waals surface area (Å²) in [5.74, 6) is 1.99. The third-order valence-corrected chi connectivity index (χ3v) is 4.05. The van der Waals surface area contributed by atoms with Crippen molar-refractivity contribution in [2.45, 2.75) is 6.42 Å². The van der Waals surface area contributed by atoms with E-state index in [1.807, 2.05) is 42.5 Å². The summed E-state index contributed by atoms with van der Waals surface area (Å²) in [7, 11) is 0. The molecule has 0 saturated heterocycles. The van der Waals surface area contributed by atoms with Crippen LogP contribution in [0.2, 0.25) is 0 Å². The fourth-order valence-electron chi connectivity index (χ4n) is 2.72. The molecular weight excluding hydrogens is 340 g/mol. The molecule has 7 nitrogen and oxygen atoms in total. The highest BCUT2D eigenvalue weighted by Gasteiger charge is 2.04. The van der Waals surface area contributed by atoms with E-state index in [4.69, 9.17) is 10.5 Å². The van der Waals surface area contributed by atoms with Crippen LogP contribution in [0.25, 0.3) is 10.9 Å². The van der Waals surface area contributed by atoms with Gasteiger partial charge in [0, 0.05) is 30.0 Å². The molecule has 2 aromatic heterocycles. The van der Waals surface area contributed by atoms with Crippen molar-refractivity contribution in [2.24, 2.45) is 0 Å². The van der Waals surface area contributed by atoms with Gasteiger partial charge in [-0.2, -0.15) is 0 Å². The van der Waals surface area contributed by atoms with E-state index in [-0.39, 0.29) is 0 Å². The summed E-state index contributed by atoms with van der Waals surface area (Å²) < 4.78 is 5.65. The van der Waals surface area contributed by atoms with Gasteiger partial charge in [-0.15, -0.1) is 0 Å². The van der Waals surface area contributed by atoms with E-state index in [1.165, 1.54) is 5.56 Å². The van der Waals surface area contributed by atoms with Gasteiger partial charge >= 0.3 is 0 Å². The first kappa shape index (κ1) is 16.7. The Balaban J connectivity index is 1.37. The molecule has 4 aromatic rings. The first-order chi connectivity index (χ1) is 13.3. The van der Waals surface area contributed by atoms with Gasteiger partial charge in [-0.1, -0.05) is 12.1 Å². The third kappa shape index (κ3) is 4.09.